The first-order valence-corrected chi connectivity index (χ1v) is 10.8. The van der Waals surface area contributed by atoms with Crippen LogP contribution in [0.2, 0.25) is 0 Å². The third-order valence-electron chi connectivity index (χ3n) is 5.41. The first-order chi connectivity index (χ1) is 13.9. The molecule has 1 aliphatic carbocycles. The van der Waals surface area contributed by atoms with Gasteiger partial charge < -0.3 is 15.4 Å². The van der Waals surface area contributed by atoms with Crippen molar-refractivity contribution in [1.29, 1.82) is 5.41 Å². The highest BCUT2D eigenvalue weighted by atomic mass is 32.2. The molecule has 29 heavy (non-hydrogen) atoms. The molecule has 2 fully saturated rings. The summed E-state index contributed by atoms with van der Waals surface area (Å²) in [6.45, 7) is 5.56. The van der Waals surface area contributed by atoms with Gasteiger partial charge in [0, 0.05) is 49.6 Å². The fourth-order valence-corrected chi connectivity index (χ4v) is 3.83. The van der Waals surface area contributed by atoms with Crippen molar-refractivity contribution in [2.75, 3.05) is 43.1 Å². The van der Waals surface area contributed by atoms with E-state index in [2.05, 4.69) is 25.4 Å². The summed E-state index contributed by atoms with van der Waals surface area (Å²) >= 11 is 1.74. The van der Waals surface area contributed by atoms with Gasteiger partial charge in [-0.15, -0.1) is 0 Å². The summed E-state index contributed by atoms with van der Waals surface area (Å²) in [6, 6.07) is 4.52. The first-order valence-electron chi connectivity index (χ1n) is 9.62. The maximum absolute atomic E-state index is 14.3. The van der Waals surface area contributed by atoms with Crippen LogP contribution < -0.4 is 15.4 Å². The van der Waals surface area contributed by atoms with Crippen molar-refractivity contribution in [1.82, 2.24) is 14.3 Å². The molecule has 1 aromatic carbocycles. The Morgan fingerprint density at radius 3 is 2.59 bits per heavy atom. The second kappa shape index (κ2) is 7.79. The van der Waals surface area contributed by atoms with Crippen LogP contribution in [-0.4, -0.2) is 58.0 Å². The van der Waals surface area contributed by atoms with E-state index in [1.165, 1.54) is 18.5 Å². The van der Waals surface area contributed by atoms with Crippen LogP contribution in [0.15, 0.2) is 24.5 Å². The molecule has 1 aliphatic heterocycles. The second-order valence-corrected chi connectivity index (χ2v) is 8.54. The first kappa shape index (κ1) is 19.9. The lowest BCUT2D eigenvalue weighted by atomic mass is 10.0. The minimum atomic E-state index is -0.512. The van der Waals surface area contributed by atoms with E-state index in [-0.39, 0.29) is 22.7 Å². The molecule has 7 nitrogen and oxygen atoms in total. The number of anilines is 2. The van der Waals surface area contributed by atoms with Gasteiger partial charge in [0.05, 0.1) is 11.4 Å². The van der Waals surface area contributed by atoms with E-state index >= 15 is 0 Å². The second-order valence-electron chi connectivity index (χ2n) is 7.66. The Balaban J connectivity index is 1.57. The van der Waals surface area contributed by atoms with E-state index in [9.17, 15) is 4.39 Å². The van der Waals surface area contributed by atoms with Crippen LogP contribution in [-0.2, 0) is 0 Å². The predicted octanol–water partition coefficient (Wildman–Crippen LogP) is 2.95. The molecule has 0 bridgehead atoms. The van der Waals surface area contributed by atoms with Crippen molar-refractivity contribution in [3.05, 3.63) is 41.6 Å². The standard InChI is InChI=1S/C20H25FN6OS/c1-20(3-4-20)28-17-9-13(15(22)10-14(17)21)19(23)16-11-18(25-12-24-16)26-5-7-27(29-2)8-6-26/h9-12,23H,3-8,22H2,1-2H3. The van der Waals surface area contributed by atoms with Gasteiger partial charge in [-0.2, -0.15) is 0 Å². The Hall–Kier alpha value is -2.39. The van der Waals surface area contributed by atoms with Gasteiger partial charge in [0.2, 0.25) is 0 Å². The average molecular weight is 417 g/mol. The molecule has 2 heterocycles. The predicted molar refractivity (Wildman–Crippen MR) is 114 cm³/mol. The monoisotopic (exact) mass is 416 g/mol. The molecule has 1 saturated carbocycles. The largest absolute Gasteiger partial charge is 0.484 e. The molecule has 0 spiro atoms. The number of benzene rings is 1. The Morgan fingerprint density at radius 2 is 1.93 bits per heavy atom. The smallest absolute Gasteiger partial charge is 0.167 e. The zero-order valence-corrected chi connectivity index (χ0v) is 17.4. The normalized spacial score (nSPS) is 18.5. The Kier molecular flexibility index (Phi) is 5.35. The lowest BCUT2D eigenvalue weighted by Crippen LogP contribution is -2.43. The molecule has 0 atom stereocenters. The lowest BCUT2D eigenvalue weighted by Gasteiger charge is -2.34. The fourth-order valence-electron chi connectivity index (χ4n) is 3.30. The van der Waals surface area contributed by atoms with Gasteiger partial charge in [0.25, 0.3) is 0 Å². The van der Waals surface area contributed by atoms with Crippen LogP contribution in [0.1, 0.15) is 31.0 Å². The topological polar surface area (TPSA) is 91.4 Å². The summed E-state index contributed by atoms with van der Waals surface area (Å²) in [6.07, 6.45) is 5.32. The van der Waals surface area contributed by atoms with Crippen molar-refractivity contribution in [3.8, 4) is 5.75 Å². The highest BCUT2D eigenvalue weighted by molar-refractivity contribution is 7.96. The number of hydrogen-bond acceptors (Lipinski definition) is 8. The van der Waals surface area contributed by atoms with Crippen LogP contribution in [0.3, 0.4) is 0 Å². The molecule has 3 N–H and O–H groups in total. The van der Waals surface area contributed by atoms with Crippen molar-refractivity contribution in [3.63, 3.8) is 0 Å². The number of nitrogens with two attached hydrogens (primary N) is 1. The fraction of sp³-hybridized carbons (Fsp3) is 0.450. The highest BCUT2D eigenvalue weighted by Gasteiger charge is 2.40. The third kappa shape index (κ3) is 4.30. The summed E-state index contributed by atoms with van der Waals surface area (Å²) in [4.78, 5) is 10.8. The van der Waals surface area contributed by atoms with E-state index in [4.69, 9.17) is 15.9 Å². The average Bonchev–Trinajstić information content (AvgIpc) is 3.46. The maximum atomic E-state index is 14.3. The Bertz CT molecular complexity index is 927. The van der Waals surface area contributed by atoms with Crippen molar-refractivity contribution in [2.24, 2.45) is 0 Å². The van der Waals surface area contributed by atoms with E-state index in [0.717, 1.165) is 44.8 Å². The molecular formula is C20H25FN6OS. The number of nitrogen functional groups attached to an aromatic ring is 1. The molecule has 0 amide bonds. The zero-order valence-electron chi connectivity index (χ0n) is 16.6. The Morgan fingerprint density at radius 1 is 1.21 bits per heavy atom. The minimum absolute atomic E-state index is 0.125. The molecule has 0 unspecified atom stereocenters. The van der Waals surface area contributed by atoms with Crippen LogP contribution >= 0.6 is 11.9 Å². The van der Waals surface area contributed by atoms with Gasteiger partial charge in [0.15, 0.2) is 11.6 Å². The number of hydrogen-bond donors (Lipinski definition) is 2. The van der Waals surface area contributed by atoms with Crippen LogP contribution in [0.4, 0.5) is 15.9 Å². The number of aromatic nitrogens is 2. The maximum Gasteiger partial charge on any atom is 0.167 e. The molecule has 154 valence electrons. The lowest BCUT2D eigenvalue weighted by molar-refractivity contribution is 0.191. The summed E-state index contributed by atoms with van der Waals surface area (Å²) < 4.78 is 22.4. The SMILES string of the molecule is CSN1CCN(c2cc(C(=N)c3cc(OC4(C)CC4)c(F)cc3N)ncn2)CC1. The third-order valence-corrected chi connectivity index (χ3v) is 6.30. The highest BCUT2D eigenvalue weighted by Crippen LogP contribution is 2.41. The van der Waals surface area contributed by atoms with Crippen molar-refractivity contribution in [2.45, 2.75) is 25.4 Å². The van der Waals surface area contributed by atoms with E-state index in [1.807, 2.05) is 6.92 Å². The molecule has 4 rings (SSSR count). The van der Waals surface area contributed by atoms with Crippen LogP contribution in [0.25, 0.3) is 0 Å². The van der Waals surface area contributed by atoms with E-state index in [1.54, 1.807) is 18.0 Å². The molecule has 2 aromatic rings. The molecule has 1 aromatic heterocycles. The summed E-state index contributed by atoms with van der Waals surface area (Å²) in [7, 11) is 0. The zero-order chi connectivity index (χ0) is 20.6. The molecule has 2 aliphatic rings. The quantitative estimate of drug-likeness (QED) is 0.425. The summed E-state index contributed by atoms with van der Waals surface area (Å²) in [5, 5.41) is 8.62. The van der Waals surface area contributed by atoms with Crippen molar-refractivity contribution >= 4 is 29.2 Å². The number of piperazine rings is 1. The van der Waals surface area contributed by atoms with Gasteiger partial charge in [-0.3, -0.25) is 5.41 Å². The number of halogens is 1. The van der Waals surface area contributed by atoms with Gasteiger partial charge in [-0.05, 0) is 32.1 Å². The molecular weight excluding hydrogens is 391 g/mol. The summed E-state index contributed by atoms with van der Waals surface area (Å²) in [5.74, 6) is 0.395. The number of rotatable bonds is 6. The molecule has 1 saturated heterocycles. The van der Waals surface area contributed by atoms with Crippen molar-refractivity contribution < 1.29 is 9.13 Å². The van der Waals surface area contributed by atoms with Gasteiger partial charge in [0.1, 0.15) is 17.7 Å². The minimum Gasteiger partial charge on any atom is -0.484 e. The molecule has 0 radical (unpaired) electrons. The van der Waals surface area contributed by atoms with Crippen LogP contribution in [0.5, 0.6) is 5.75 Å². The molecule has 9 heteroatoms. The summed E-state index contributed by atoms with van der Waals surface area (Å²) in [5.41, 5.74) is 6.87. The van der Waals surface area contributed by atoms with E-state index < -0.39 is 5.82 Å². The number of nitrogens with zero attached hydrogens (tertiary/aromatic N) is 4. The number of nitrogens with one attached hydrogen (secondary N) is 1. The van der Waals surface area contributed by atoms with Crippen LogP contribution in [0, 0.1) is 11.2 Å². The number of ether oxygens (including phenoxy) is 1. The van der Waals surface area contributed by atoms with Gasteiger partial charge in [-0.25, -0.2) is 18.7 Å². The van der Waals surface area contributed by atoms with E-state index in [0.29, 0.717) is 11.3 Å². The Labute approximate surface area is 174 Å². The van der Waals surface area contributed by atoms with Gasteiger partial charge >= 0.3 is 0 Å². The van der Waals surface area contributed by atoms with Gasteiger partial charge in [-0.1, -0.05) is 11.9 Å².